The number of nitrogens with one attached hydrogen (secondary N) is 1. The van der Waals surface area contributed by atoms with Gasteiger partial charge in [-0.15, -0.1) is 0 Å². The van der Waals surface area contributed by atoms with Crippen molar-refractivity contribution in [2.45, 2.75) is 58.4 Å². The lowest BCUT2D eigenvalue weighted by Gasteiger charge is -2.35. The quantitative estimate of drug-likeness (QED) is 0.789. The molecule has 0 spiro atoms. The van der Waals surface area contributed by atoms with Crippen LogP contribution >= 0.6 is 0 Å². The first-order valence-electron chi connectivity index (χ1n) is 9.72. The number of anilines is 2. The van der Waals surface area contributed by atoms with Crippen molar-refractivity contribution in [1.29, 1.82) is 0 Å². The van der Waals surface area contributed by atoms with E-state index in [1.807, 2.05) is 17.0 Å². The summed E-state index contributed by atoms with van der Waals surface area (Å²) in [5.74, 6) is 0.528. The number of likely N-dealkylation sites (tertiary alicyclic amines) is 1. The maximum absolute atomic E-state index is 13.0. The molecule has 0 saturated carbocycles. The van der Waals surface area contributed by atoms with Crippen LogP contribution in [0, 0.1) is 0 Å². The molecule has 0 radical (unpaired) electrons. The molecule has 1 aliphatic heterocycles. The van der Waals surface area contributed by atoms with Crippen LogP contribution in [0.3, 0.4) is 0 Å². The molecule has 1 aromatic carbocycles. The molecule has 2 aromatic rings. The van der Waals surface area contributed by atoms with Crippen LogP contribution in [-0.2, 0) is 0 Å². The molecule has 1 aliphatic rings. The minimum Gasteiger partial charge on any atom is -0.354 e. The highest BCUT2D eigenvalue weighted by Crippen LogP contribution is 2.27. The minimum absolute atomic E-state index is 0.102. The number of amides is 1. The Balaban J connectivity index is 1.81. The smallest absolute Gasteiger partial charge is 0.255 e. The van der Waals surface area contributed by atoms with Crippen LogP contribution < -0.4 is 5.32 Å². The third kappa shape index (κ3) is 4.06. The number of pyridine rings is 1. The van der Waals surface area contributed by atoms with E-state index in [9.17, 15) is 4.79 Å². The molecule has 1 unspecified atom stereocenters. The average Bonchev–Trinajstić information content (AvgIpc) is 2.68. The molecule has 138 valence electrons. The number of benzene rings is 1. The van der Waals surface area contributed by atoms with E-state index in [4.69, 9.17) is 0 Å². The van der Waals surface area contributed by atoms with Crippen molar-refractivity contribution in [1.82, 2.24) is 9.88 Å². The van der Waals surface area contributed by atoms with Crippen LogP contribution in [0.15, 0.2) is 42.7 Å². The molecule has 1 N–H and O–H groups in total. The Bertz CT molecular complexity index is 757. The lowest BCUT2D eigenvalue weighted by Crippen LogP contribution is -2.43. The molecule has 26 heavy (non-hydrogen) atoms. The number of para-hydroxylation sites is 1. The first kappa shape index (κ1) is 18.4. The Morgan fingerprint density at radius 1 is 1.27 bits per heavy atom. The van der Waals surface area contributed by atoms with Gasteiger partial charge in [0.1, 0.15) is 0 Å². The molecule has 2 heterocycles. The zero-order valence-electron chi connectivity index (χ0n) is 16.0. The third-order valence-electron chi connectivity index (χ3n) is 5.21. The molecule has 0 bridgehead atoms. The second kappa shape index (κ2) is 8.35. The van der Waals surface area contributed by atoms with Gasteiger partial charge in [0, 0.05) is 24.5 Å². The van der Waals surface area contributed by atoms with Gasteiger partial charge in [0.15, 0.2) is 0 Å². The summed E-state index contributed by atoms with van der Waals surface area (Å²) in [5, 5.41) is 3.44. The Labute approximate surface area is 156 Å². The predicted octanol–water partition coefficient (Wildman–Crippen LogP) is 5.35. The number of piperidine rings is 1. The summed E-state index contributed by atoms with van der Waals surface area (Å²) in [4.78, 5) is 19.4. The van der Waals surface area contributed by atoms with E-state index in [2.05, 4.69) is 49.3 Å². The van der Waals surface area contributed by atoms with Crippen LogP contribution in [0.1, 0.15) is 68.3 Å². The SMILES string of the molecule is CCC1CCCCN1C(=O)c1cncc(Nc2ccccc2C(C)C)c1. The summed E-state index contributed by atoms with van der Waals surface area (Å²) >= 11 is 0. The van der Waals surface area contributed by atoms with Gasteiger partial charge in [0.25, 0.3) is 5.91 Å². The van der Waals surface area contributed by atoms with Gasteiger partial charge in [-0.2, -0.15) is 0 Å². The molecule has 1 saturated heterocycles. The lowest BCUT2D eigenvalue weighted by molar-refractivity contribution is 0.0607. The monoisotopic (exact) mass is 351 g/mol. The minimum atomic E-state index is 0.102. The third-order valence-corrected chi connectivity index (χ3v) is 5.21. The number of hydrogen-bond acceptors (Lipinski definition) is 3. The van der Waals surface area contributed by atoms with E-state index in [0.29, 0.717) is 17.5 Å². The van der Waals surface area contributed by atoms with Gasteiger partial charge >= 0.3 is 0 Å². The molecule has 1 atom stereocenters. The van der Waals surface area contributed by atoms with Crippen molar-refractivity contribution < 1.29 is 4.79 Å². The van der Waals surface area contributed by atoms with Crippen LogP contribution in [0.4, 0.5) is 11.4 Å². The number of carbonyl (C=O) groups is 1. The summed E-state index contributed by atoms with van der Waals surface area (Å²) in [6.07, 6.45) is 7.89. The molecule has 1 fully saturated rings. The van der Waals surface area contributed by atoms with Crippen LogP contribution in [0.2, 0.25) is 0 Å². The summed E-state index contributed by atoms with van der Waals surface area (Å²) in [6.45, 7) is 7.38. The second-order valence-corrected chi connectivity index (χ2v) is 7.39. The lowest BCUT2D eigenvalue weighted by atomic mass is 9.99. The molecular weight excluding hydrogens is 322 g/mol. The average molecular weight is 351 g/mol. The zero-order chi connectivity index (χ0) is 18.5. The van der Waals surface area contributed by atoms with Crippen LogP contribution in [0.5, 0.6) is 0 Å². The summed E-state index contributed by atoms with van der Waals surface area (Å²) in [6, 6.07) is 10.6. The van der Waals surface area contributed by atoms with Crippen molar-refractivity contribution in [2.75, 3.05) is 11.9 Å². The Hall–Kier alpha value is -2.36. The first-order chi connectivity index (χ1) is 12.6. The molecule has 3 rings (SSSR count). The largest absolute Gasteiger partial charge is 0.354 e. The number of aromatic nitrogens is 1. The van der Waals surface area contributed by atoms with E-state index < -0.39 is 0 Å². The van der Waals surface area contributed by atoms with E-state index >= 15 is 0 Å². The fourth-order valence-corrected chi connectivity index (χ4v) is 3.75. The van der Waals surface area contributed by atoms with Gasteiger partial charge in [0.05, 0.1) is 17.4 Å². The van der Waals surface area contributed by atoms with Gasteiger partial charge in [0.2, 0.25) is 0 Å². The molecule has 1 aromatic heterocycles. The summed E-state index contributed by atoms with van der Waals surface area (Å²) in [7, 11) is 0. The number of hydrogen-bond donors (Lipinski definition) is 1. The number of rotatable bonds is 5. The number of nitrogens with zero attached hydrogens (tertiary/aromatic N) is 2. The van der Waals surface area contributed by atoms with Gasteiger partial charge < -0.3 is 10.2 Å². The van der Waals surface area contributed by atoms with Crippen molar-refractivity contribution >= 4 is 17.3 Å². The van der Waals surface area contributed by atoms with Crippen LogP contribution in [0.25, 0.3) is 0 Å². The molecule has 1 amide bonds. The molecular formula is C22H29N3O. The Morgan fingerprint density at radius 2 is 2.08 bits per heavy atom. The second-order valence-electron chi connectivity index (χ2n) is 7.39. The van der Waals surface area contributed by atoms with Crippen molar-refractivity contribution in [3.63, 3.8) is 0 Å². The highest BCUT2D eigenvalue weighted by atomic mass is 16.2. The Kier molecular flexibility index (Phi) is 5.92. The molecule has 4 nitrogen and oxygen atoms in total. The van der Waals surface area contributed by atoms with Gasteiger partial charge in [-0.05, 0) is 49.3 Å². The molecule has 4 heteroatoms. The van der Waals surface area contributed by atoms with Crippen molar-refractivity contribution in [3.05, 3.63) is 53.9 Å². The maximum Gasteiger partial charge on any atom is 0.255 e. The van der Waals surface area contributed by atoms with Gasteiger partial charge in [-0.3, -0.25) is 9.78 Å². The van der Waals surface area contributed by atoms with Crippen molar-refractivity contribution in [2.24, 2.45) is 0 Å². The fourth-order valence-electron chi connectivity index (χ4n) is 3.75. The Morgan fingerprint density at radius 3 is 2.85 bits per heavy atom. The summed E-state index contributed by atoms with van der Waals surface area (Å²) < 4.78 is 0. The van der Waals surface area contributed by atoms with E-state index in [-0.39, 0.29) is 5.91 Å². The molecule has 0 aliphatic carbocycles. The van der Waals surface area contributed by atoms with Gasteiger partial charge in [-0.25, -0.2) is 0 Å². The topological polar surface area (TPSA) is 45.2 Å². The predicted molar refractivity (Wildman–Crippen MR) is 107 cm³/mol. The van der Waals surface area contributed by atoms with E-state index in [0.717, 1.165) is 37.2 Å². The standard InChI is InChI=1S/C22H29N3O/c1-4-19-9-7-8-12-25(19)22(26)17-13-18(15-23-14-17)24-21-11-6-5-10-20(21)16(2)3/h5-6,10-11,13-16,19,24H,4,7-9,12H2,1-3H3. The van der Waals surface area contributed by atoms with Crippen molar-refractivity contribution in [3.8, 4) is 0 Å². The van der Waals surface area contributed by atoms with Gasteiger partial charge in [-0.1, -0.05) is 39.0 Å². The summed E-state index contributed by atoms with van der Waals surface area (Å²) in [5.41, 5.74) is 3.84. The zero-order valence-corrected chi connectivity index (χ0v) is 16.0. The highest BCUT2D eigenvalue weighted by molar-refractivity contribution is 5.95. The van der Waals surface area contributed by atoms with Crippen LogP contribution in [-0.4, -0.2) is 28.4 Å². The number of carbonyl (C=O) groups excluding carboxylic acids is 1. The van der Waals surface area contributed by atoms with E-state index in [1.165, 1.54) is 12.0 Å². The first-order valence-corrected chi connectivity index (χ1v) is 9.72. The highest BCUT2D eigenvalue weighted by Gasteiger charge is 2.26. The normalized spacial score (nSPS) is 17.4. The maximum atomic E-state index is 13.0. The van der Waals surface area contributed by atoms with E-state index in [1.54, 1.807) is 12.4 Å². The fraction of sp³-hybridized carbons (Fsp3) is 0.455.